The highest BCUT2D eigenvalue weighted by Gasteiger charge is 2.28. The Bertz CT molecular complexity index is 461. The first-order valence-electron chi connectivity index (χ1n) is 6.93. The van der Waals surface area contributed by atoms with E-state index < -0.39 is 0 Å². The lowest BCUT2D eigenvalue weighted by atomic mass is 9.94. The zero-order valence-electron chi connectivity index (χ0n) is 11.6. The van der Waals surface area contributed by atoms with Crippen LogP contribution in [-0.4, -0.2) is 22.6 Å². The Hall–Kier alpha value is -1.00. The van der Waals surface area contributed by atoms with Crippen LogP contribution in [0.3, 0.4) is 0 Å². The van der Waals surface area contributed by atoms with Gasteiger partial charge in [0.1, 0.15) is 5.69 Å². The first-order valence-corrected chi connectivity index (χ1v) is 7.31. The molecule has 0 aliphatic heterocycles. The molecular formula is C14H22ClN3O. The van der Waals surface area contributed by atoms with Gasteiger partial charge in [0.2, 0.25) is 0 Å². The predicted molar refractivity (Wildman–Crippen MR) is 77.5 cm³/mol. The van der Waals surface area contributed by atoms with Gasteiger partial charge in [-0.25, -0.2) is 0 Å². The lowest BCUT2D eigenvalue weighted by molar-refractivity contribution is 0.0932. The molecule has 0 spiro atoms. The van der Waals surface area contributed by atoms with Gasteiger partial charge in [-0.2, -0.15) is 0 Å². The van der Waals surface area contributed by atoms with Crippen LogP contribution in [-0.2, 0) is 0 Å². The number of carbonyl (C=O) groups excluding carboxylic acids is 1. The summed E-state index contributed by atoms with van der Waals surface area (Å²) in [4.78, 5) is 12.2. The van der Waals surface area contributed by atoms with Gasteiger partial charge >= 0.3 is 0 Å². The molecule has 1 heterocycles. The average molecular weight is 284 g/mol. The SMILES string of the molecule is CCC(N)(CC)CNC(=O)c1cc(Cl)cn1C1CC1. The Morgan fingerprint density at radius 1 is 1.53 bits per heavy atom. The second-order valence-electron chi connectivity index (χ2n) is 5.43. The average Bonchev–Trinajstić information content (AvgIpc) is 3.18. The Balaban J connectivity index is 2.04. The minimum atomic E-state index is -0.323. The molecule has 0 unspecified atom stereocenters. The van der Waals surface area contributed by atoms with Crippen LogP contribution in [0.15, 0.2) is 12.3 Å². The molecule has 0 bridgehead atoms. The summed E-state index contributed by atoms with van der Waals surface area (Å²) in [6, 6.07) is 2.17. The van der Waals surface area contributed by atoms with Gasteiger partial charge in [0.15, 0.2) is 0 Å². The molecule has 0 saturated heterocycles. The molecule has 0 radical (unpaired) electrons. The maximum Gasteiger partial charge on any atom is 0.268 e. The fourth-order valence-corrected chi connectivity index (χ4v) is 2.34. The first-order chi connectivity index (χ1) is 8.99. The van der Waals surface area contributed by atoms with Crippen molar-refractivity contribution in [3.05, 3.63) is 23.0 Å². The molecule has 1 fully saturated rings. The fourth-order valence-electron chi connectivity index (χ4n) is 2.13. The van der Waals surface area contributed by atoms with Crippen LogP contribution in [0.4, 0.5) is 0 Å². The number of halogens is 1. The van der Waals surface area contributed by atoms with Gasteiger partial charge in [0, 0.05) is 24.3 Å². The van der Waals surface area contributed by atoms with Crippen molar-refractivity contribution in [2.45, 2.75) is 51.1 Å². The van der Waals surface area contributed by atoms with Gasteiger partial charge in [0.25, 0.3) is 5.91 Å². The second kappa shape index (κ2) is 5.55. The number of amides is 1. The third kappa shape index (κ3) is 3.31. The monoisotopic (exact) mass is 283 g/mol. The molecular weight excluding hydrogens is 262 g/mol. The summed E-state index contributed by atoms with van der Waals surface area (Å²) >= 11 is 6.00. The van der Waals surface area contributed by atoms with Crippen molar-refractivity contribution in [3.8, 4) is 0 Å². The molecule has 1 aromatic rings. The van der Waals surface area contributed by atoms with E-state index >= 15 is 0 Å². The highest BCUT2D eigenvalue weighted by molar-refractivity contribution is 6.31. The van der Waals surface area contributed by atoms with Crippen molar-refractivity contribution in [3.63, 3.8) is 0 Å². The van der Waals surface area contributed by atoms with E-state index in [1.807, 2.05) is 24.6 Å². The molecule has 1 saturated carbocycles. The fraction of sp³-hybridized carbons (Fsp3) is 0.643. The number of aromatic nitrogens is 1. The summed E-state index contributed by atoms with van der Waals surface area (Å²) in [6.45, 7) is 4.57. The number of nitrogens with one attached hydrogen (secondary N) is 1. The number of nitrogens with zero attached hydrogens (tertiary/aromatic N) is 1. The van der Waals surface area contributed by atoms with Gasteiger partial charge in [-0.1, -0.05) is 25.4 Å². The van der Waals surface area contributed by atoms with E-state index in [2.05, 4.69) is 5.32 Å². The number of carbonyl (C=O) groups is 1. The normalized spacial score (nSPS) is 15.6. The van der Waals surface area contributed by atoms with Gasteiger partial charge in [-0.15, -0.1) is 0 Å². The van der Waals surface area contributed by atoms with Crippen LogP contribution < -0.4 is 11.1 Å². The summed E-state index contributed by atoms with van der Waals surface area (Å²) in [5.41, 5.74) is 6.51. The summed E-state index contributed by atoms with van der Waals surface area (Å²) in [5, 5.41) is 3.55. The van der Waals surface area contributed by atoms with E-state index in [0.29, 0.717) is 23.3 Å². The number of nitrogens with two attached hydrogens (primary N) is 1. The van der Waals surface area contributed by atoms with Crippen LogP contribution in [0.25, 0.3) is 0 Å². The molecule has 3 N–H and O–H groups in total. The molecule has 106 valence electrons. The predicted octanol–water partition coefficient (Wildman–Crippen LogP) is 2.72. The van der Waals surface area contributed by atoms with Crippen LogP contribution in [0.1, 0.15) is 56.1 Å². The van der Waals surface area contributed by atoms with Gasteiger partial charge in [0.05, 0.1) is 5.02 Å². The molecule has 1 aromatic heterocycles. The van der Waals surface area contributed by atoms with Crippen LogP contribution in [0.2, 0.25) is 5.02 Å². The Labute approximate surface area is 119 Å². The lowest BCUT2D eigenvalue weighted by Gasteiger charge is -2.26. The number of rotatable bonds is 6. The third-order valence-corrected chi connectivity index (χ3v) is 4.20. The molecule has 4 nitrogen and oxygen atoms in total. The summed E-state index contributed by atoms with van der Waals surface area (Å²) in [5.74, 6) is -0.0875. The summed E-state index contributed by atoms with van der Waals surface area (Å²) < 4.78 is 1.98. The first kappa shape index (κ1) is 14.4. The molecule has 2 rings (SSSR count). The Morgan fingerprint density at radius 3 is 2.68 bits per heavy atom. The number of hydrogen-bond acceptors (Lipinski definition) is 2. The van der Waals surface area contributed by atoms with Crippen molar-refractivity contribution < 1.29 is 4.79 Å². The van der Waals surface area contributed by atoms with E-state index in [0.717, 1.165) is 25.7 Å². The van der Waals surface area contributed by atoms with Crippen molar-refractivity contribution >= 4 is 17.5 Å². The minimum Gasteiger partial charge on any atom is -0.349 e. The highest BCUT2D eigenvalue weighted by Crippen LogP contribution is 2.37. The summed E-state index contributed by atoms with van der Waals surface area (Å²) in [6.07, 6.45) is 5.76. The van der Waals surface area contributed by atoms with Gasteiger partial charge in [-0.05, 0) is 31.7 Å². The maximum atomic E-state index is 12.2. The molecule has 5 heteroatoms. The molecule has 0 aromatic carbocycles. The van der Waals surface area contributed by atoms with Gasteiger partial charge < -0.3 is 15.6 Å². The maximum absolute atomic E-state index is 12.2. The molecule has 1 aliphatic carbocycles. The quantitative estimate of drug-likeness (QED) is 0.843. The van der Waals surface area contributed by atoms with Crippen molar-refractivity contribution in [2.75, 3.05) is 6.54 Å². The van der Waals surface area contributed by atoms with E-state index in [1.165, 1.54) is 0 Å². The highest BCUT2D eigenvalue weighted by atomic mass is 35.5. The van der Waals surface area contributed by atoms with Gasteiger partial charge in [-0.3, -0.25) is 4.79 Å². The van der Waals surface area contributed by atoms with Crippen LogP contribution in [0, 0.1) is 0 Å². The lowest BCUT2D eigenvalue weighted by Crippen LogP contribution is -2.49. The molecule has 19 heavy (non-hydrogen) atoms. The van der Waals surface area contributed by atoms with Crippen molar-refractivity contribution in [1.29, 1.82) is 0 Å². The van der Waals surface area contributed by atoms with Crippen molar-refractivity contribution in [2.24, 2.45) is 5.73 Å². The molecule has 1 aliphatic rings. The standard InChI is InChI=1S/C14H22ClN3O/c1-3-14(16,4-2)9-17-13(19)12-7-10(15)8-18(12)11-5-6-11/h7-8,11H,3-6,9,16H2,1-2H3,(H,17,19). The minimum absolute atomic E-state index is 0.0875. The van der Waals surface area contributed by atoms with E-state index in [-0.39, 0.29) is 11.4 Å². The Kier molecular flexibility index (Phi) is 4.21. The summed E-state index contributed by atoms with van der Waals surface area (Å²) in [7, 11) is 0. The van der Waals surface area contributed by atoms with E-state index in [4.69, 9.17) is 17.3 Å². The van der Waals surface area contributed by atoms with E-state index in [1.54, 1.807) is 6.07 Å². The van der Waals surface area contributed by atoms with Crippen molar-refractivity contribution in [1.82, 2.24) is 9.88 Å². The molecule has 1 amide bonds. The second-order valence-corrected chi connectivity index (χ2v) is 5.87. The zero-order chi connectivity index (χ0) is 14.0. The van der Waals surface area contributed by atoms with E-state index in [9.17, 15) is 4.79 Å². The van der Waals surface area contributed by atoms with Crippen LogP contribution in [0.5, 0.6) is 0 Å². The third-order valence-electron chi connectivity index (χ3n) is 4.00. The largest absolute Gasteiger partial charge is 0.349 e. The van der Waals surface area contributed by atoms with Crippen LogP contribution >= 0.6 is 11.6 Å². The zero-order valence-corrected chi connectivity index (χ0v) is 12.3. The topological polar surface area (TPSA) is 60.0 Å². The number of hydrogen-bond donors (Lipinski definition) is 2. The molecule has 0 atom stereocenters. The Morgan fingerprint density at radius 2 is 2.16 bits per heavy atom. The smallest absolute Gasteiger partial charge is 0.268 e.